The van der Waals surface area contributed by atoms with E-state index in [1.165, 1.54) is 0 Å². The van der Waals surface area contributed by atoms with Gasteiger partial charge < -0.3 is 5.32 Å². The monoisotopic (exact) mass is 413 g/mol. The van der Waals surface area contributed by atoms with Gasteiger partial charge in [0.1, 0.15) is 0 Å². The Morgan fingerprint density at radius 3 is 2.74 bits per heavy atom. The standard InChI is InChI=1S/C23H14BrN2O/c24-19-9-1-5-16(15-19)12-13-17-6-2-10-20(17)23(27)26-21-11-3-7-18-8-4-14-25-22(18)21/h1-11,14-15H,(H,26,27). The van der Waals surface area contributed by atoms with Gasteiger partial charge in [-0.15, -0.1) is 0 Å². The van der Waals surface area contributed by atoms with Gasteiger partial charge in [0, 0.05) is 21.6 Å². The molecule has 1 aliphatic carbocycles. The molecule has 0 unspecified atom stereocenters. The van der Waals surface area contributed by atoms with Gasteiger partial charge >= 0.3 is 0 Å². The summed E-state index contributed by atoms with van der Waals surface area (Å²) < 4.78 is 0.971. The minimum absolute atomic E-state index is 0.198. The van der Waals surface area contributed by atoms with Gasteiger partial charge in [0.2, 0.25) is 5.91 Å². The van der Waals surface area contributed by atoms with Gasteiger partial charge in [-0.3, -0.25) is 9.78 Å². The van der Waals surface area contributed by atoms with E-state index in [1.807, 2.05) is 67.4 Å². The van der Waals surface area contributed by atoms with Crippen LogP contribution in [0.1, 0.15) is 5.56 Å². The van der Waals surface area contributed by atoms with Crippen LogP contribution in [0.5, 0.6) is 0 Å². The SMILES string of the molecule is O=C(Nc1cccc2cccnc12)[C]1[CH][CH][CH][C]1C#Cc1cccc(Br)c1. The van der Waals surface area contributed by atoms with Crippen molar-refractivity contribution in [2.24, 2.45) is 0 Å². The number of amides is 1. The zero-order chi connectivity index (χ0) is 18.6. The minimum atomic E-state index is -0.198. The molecule has 0 atom stereocenters. The molecule has 0 aliphatic heterocycles. The molecule has 3 aromatic rings. The number of para-hydroxylation sites is 1. The summed E-state index contributed by atoms with van der Waals surface area (Å²) in [6, 6.07) is 17.3. The number of anilines is 1. The fraction of sp³-hybridized carbons (Fsp3) is 0. The van der Waals surface area contributed by atoms with E-state index < -0.39 is 0 Å². The molecule has 129 valence electrons. The molecule has 1 aromatic heterocycles. The second kappa shape index (κ2) is 7.94. The number of aromatic nitrogens is 1. The van der Waals surface area contributed by atoms with Crippen LogP contribution in [0.15, 0.2) is 65.3 Å². The average molecular weight is 414 g/mol. The molecule has 1 aliphatic rings. The summed E-state index contributed by atoms with van der Waals surface area (Å²) in [6.45, 7) is 0. The molecule has 2 aromatic carbocycles. The summed E-state index contributed by atoms with van der Waals surface area (Å²) in [4.78, 5) is 17.2. The van der Waals surface area contributed by atoms with E-state index >= 15 is 0 Å². The number of hydrogen-bond donors (Lipinski definition) is 1. The van der Waals surface area contributed by atoms with Gasteiger partial charge in [-0.05, 0) is 49.6 Å². The molecule has 1 fully saturated rings. The smallest absolute Gasteiger partial charge is 0.233 e. The van der Waals surface area contributed by atoms with Crippen molar-refractivity contribution in [2.45, 2.75) is 0 Å². The van der Waals surface area contributed by atoms with Crippen molar-refractivity contribution in [3.8, 4) is 11.8 Å². The Labute approximate surface area is 167 Å². The highest BCUT2D eigenvalue weighted by molar-refractivity contribution is 9.10. The van der Waals surface area contributed by atoms with Crippen LogP contribution in [0.25, 0.3) is 10.9 Å². The second-order valence-corrected chi connectivity index (χ2v) is 6.86. The maximum Gasteiger partial charge on any atom is 0.233 e. The van der Waals surface area contributed by atoms with E-state index in [9.17, 15) is 4.79 Å². The van der Waals surface area contributed by atoms with Gasteiger partial charge in [0.15, 0.2) is 0 Å². The number of nitrogens with zero attached hydrogens (tertiary/aromatic N) is 1. The first-order valence-corrected chi connectivity index (χ1v) is 9.18. The van der Waals surface area contributed by atoms with Crippen LogP contribution in [0.2, 0.25) is 0 Å². The quantitative estimate of drug-likeness (QED) is 0.615. The molecule has 5 radical (unpaired) electrons. The number of carbonyl (C=O) groups excluding carboxylic acids is 1. The van der Waals surface area contributed by atoms with E-state index in [-0.39, 0.29) is 5.91 Å². The zero-order valence-electron chi connectivity index (χ0n) is 14.2. The Hall–Kier alpha value is -2.64. The Morgan fingerprint density at radius 2 is 1.85 bits per heavy atom. The number of rotatable bonds is 2. The normalized spacial score (nSPS) is 14.7. The maximum absolute atomic E-state index is 12.8. The third-order valence-electron chi connectivity index (χ3n) is 4.11. The Kier molecular flexibility index (Phi) is 5.22. The van der Waals surface area contributed by atoms with Crippen LogP contribution in [0, 0.1) is 42.9 Å². The van der Waals surface area contributed by atoms with Crippen molar-refractivity contribution in [1.82, 2.24) is 4.98 Å². The van der Waals surface area contributed by atoms with E-state index in [0.29, 0.717) is 17.5 Å². The molecule has 1 N–H and O–H groups in total. The number of nitrogens with one attached hydrogen (secondary N) is 1. The van der Waals surface area contributed by atoms with Crippen molar-refractivity contribution in [3.63, 3.8) is 0 Å². The van der Waals surface area contributed by atoms with Gasteiger partial charge in [-0.25, -0.2) is 0 Å². The second-order valence-electron chi connectivity index (χ2n) is 5.95. The van der Waals surface area contributed by atoms with Crippen LogP contribution in [0.3, 0.4) is 0 Å². The molecule has 27 heavy (non-hydrogen) atoms. The first-order valence-electron chi connectivity index (χ1n) is 8.39. The van der Waals surface area contributed by atoms with Crippen molar-refractivity contribution in [2.75, 3.05) is 5.32 Å². The largest absolute Gasteiger partial charge is 0.324 e. The summed E-state index contributed by atoms with van der Waals surface area (Å²) >= 11 is 3.44. The van der Waals surface area contributed by atoms with Crippen LogP contribution in [-0.4, -0.2) is 10.9 Å². The fourth-order valence-electron chi connectivity index (χ4n) is 2.83. The fourth-order valence-corrected chi connectivity index (χ4v) is 3.23. The number of carbonyl (C=O) groups is 1. The van der Waals surface area contributed by atoms with Gasteiger partial charge in [0.05, 0.1) is 23.0 Å². The van der Waals surface area contributed by atoms with Crippen LogP contribution < -0.4 is 5.32 Å². The number of hydrogen-bond acceptors (Lipinski definition) is 2. The van der Waals surface area contributed by atoms with E-state index in [4.69, 9.17) is 0 Å². The summed E-state index contributed by atoms with van der Waals surface area (Å²) in [5, 5.41) is 3.94. The van der Waals surface area contributed by atoms with E-state index in [2.05, 4.69) is 38.1 Å². The highest BCUT2D eigenvalue weighted by Gasteiger charge is 2.34. The van der Waals surface area contributed by atoms with Crippen molar-refractivity contribution >= 4 is 38.4 Å². The number of fused-ring (bicyclic) bond motifs is 1. The predicted molar refractivity (Wildman–Crippen MR) is 111 cm³/mol. The molecule has 0 saturated heterocycles. The van der Waals surface area contributed by atoms with Crippen LogP contribution in [0.4, 0.5) is 5.69 Å². The van der Waals surface area contributed by atoms with Gasteiger partial charge in [0.25, 0.3) is 0 Å². The van der Waals surface area contributed by atoms with E-state index in [1.54, 1.807) is 12.6 Å². The zero-order valence-corrected chi connectivity index (χ0v) is 15.8. The van der Waals surface area contributed by atoms with Crippen molar-refractivity contribution in [1.29, 1.82) is 0 Å². The molecule has 3 nitrogen and oxygen atoms in total. The molecule has 1 amide bonds. The topological polar surface area (TPSA) is 42.0 Å². The highest BCUT2D eigenvalue weighted by atomic mass is 79.9. The van der Waals surface area contributed by atoms with E-state index in [0.717, 1.165) is 20.9 Å². The molecular formula is C23H14BrN2O. The summed E-state index contributed by atoms with van der Waals surface area (Å²) in [5.74, 6) is 7.24. The predicted octanol–water partition coefficient (Wildman–Crippen LogP) is 4.76. The summed E-state index contributed by atoms with van der Waals surface area (Å²) in [6.07, 6.45) is 7.18. The number of benzene rings is 2. The average Bonchev–Trinajstić information content (AvgIpc) is 3.15. The first-order chi connectivity index (χ1) is 13.2. The lowest BCUT2D eigenvalue weighted by Crippen LogP contribution is -2.23. The van der Waals surface area contributed by atoms with Gasteiger partial charge in [-0.2, -0.15) is 0 Å². The van der Waals surface area contributed by atoms with Crippen molar-refractivity contribution in [3.05, 3.63) is 102 Å². The molecule has 1 heterocycles. The third kappa shape index (κ3) is 4.04. The molecule has 1 saturated carbocycles. The van der Waals surface area contributed by atoms with Crippen LogP contribution >= 0.6 is 15.9 Å². The lowest BCUT2D eigenvalue weighted by molar-refractivity contribution is -0.114. The summed E-state index contributed by atoms with van der Waals surface area (Å²) in [5.41, 5.74) is 2.34. The molecule has 0 bridgehead atoms. The minimum Gasteiger partial charge on any atom is -0.324 e. The maximum atomic E-state index is 12.8. The van der Waals surface area contributed by atoms with Gasteiger partial charge in [-0.1, -0.05) is 52.0 Å². The number of halogens is 1. The van der Waals surface area contributed by atoms with Crippen LogP contribution in [-0.2, 0) is 4.79 Å². The lowest BCUT2D eigenvalue weighted by atomic mass is 9.95. The molecule has 4 heteroatoms. The third-order valence-corrected chi connectivity index (χ3v) is 4.60. The molecule has 4 rings (SSSR count). The molecular weight excluding hydrogens is 400 g/mol. The lowest BCUT2D eigenvalue weighted by Gasteiger charge is -2.14. The highest BCUT2D eigenvalue weighted by Crippen LogP contribution is 2.34. The first kappa shape index (κ1) is 17.8. The Bertz CT molecular complexity index is 1050. The summed E-state index contributed by atoms with van der Waals surface area (Å²) in [7, 11) is 0. The molecule has 0 spiro atoms. The van der Waals surface area contributed by atoms with Crippen molar-refractivity contribution < 1.29 is 4.79 Å². The Morgan fingerprint density at radius 1 is 1.00 bits per heavy atom. The Balaban J connectivity index is 1.53. The number of pyridine rings is 1.